The highest BCUT2D eigenvalue weighted by molar-refractivity contribution is 6.26. The zero-order valence-corrected chi connectivity index (χ0v) is 36.4. The van der Waals surface area contributed by atoms with Crippen LogP contribution in [-0.4, -0.2) is 0 Å². The van der Waals surface area contributed by atoms with Crippen LogP contribution < -0.4 is 0 Å². The van der Waals surface area contributed by atoms with Crippen LogP contribution >= 0.6 is 0 Å². The Kier molecular flexibility index (Phi) is 8.63. The van der Waals surface area contributed by atoms with E-state index in [-0.39, 0.29) is 0 Å². The molecule has 0 fully saturated rings. The van der Waals surface area contributed by atoms with Crippen molar-refractivity contribution >= 4 is 33.7 Å². The lowest BCUT2D eigenvalue weighted by Gasteiger charge is -2.22. The minimum absolute atomic E-state index is 1.10. The first-order valence-corrected chi connectivity index (χ1v) is 22.8. The van der Waals surface area contributed by atoms with Crippen molar-refractivity contribution in [1.82, 2.24) is 0 Å². The van der Waals surface area contributed by atoms with E-state index in [0.29, 0.717) is 0 Å². The van der Waals surface area contributed by atoms with Crippen LogP contribution in [0.3, 0.4) is 0 Å². The van der Waals surface area contributed by atoms with E-state index in [9.17, 15) is 0 Å². The van der Waals surface area contributed by atoms with Gasteiger partial charge in [0.05, 0.1) is 0 Å². The summed E-state index contributed by atoms with van der Waals surface area (Å²) in [5.41, 5.74) is 27.0. The molecule has 0 spiro atoms. The van der Waals surface area contributed by atoms with E-state index in [4.69, 9.17) is 0 Å². The Balaban J connectivity index is 1.03. The van der Waals surface area contributed by atoms with Crippen molar-refractivity contribution in [3.05, 3.63) is 243 Å². The molecule has 11 aromatic carbocycles. The molecule has 2 aliphatic rings. The van der Waals surface area contributed by atoms with Gasteiger partial charge in [0.25, 0.3) is 0 Å². The minimum atomic E-state index is 1.10. The topological polar surface area (TPSA) is 0 Å². The van der Waals surface area contributed by atoms with Gasteiger partial charge in [-0.1, -0.05) is 238 Å². The van der Waals surface area contributed by atoms with Gasteiger partial charge in [-0.05, 0) is 150 Å². The Hall–Kier alpha value is -8.58. The Labute approximate surface area is 385 Å². The van der Waals surface area contributed by atoms with Crippen LogP contribution in [-0.2, 0) is 0 Å². The molecule has 0 heteroatoms. The summed E-state index contributed by atoms with van der Waals surface area (Å²) in [5, 5.41) is 5.13. The molecule has 0 aliphatic heterocycles. The summed E-state index contributed by atoms with van der Waals surface area (Å²) >= 11 is 0. The molecule has 0 saturated heterocycles. The Morgan fingerprint density at radius 3 is 1.15 bits per heavy atom. The van der Waals surface area contributed by atoms with Crippen LogP contribution in [0.1, 0.15) is 11.1 Å². The van der Waals surface area contributed by atoms with E-state index in [1.165, 1.54) is 133 Å². The normalized spacial score (nSPS) is 11.8. The van der Waals surface area contributed by atoms with E-state index in [1.807, 2.05) is 12.2 Å². The van der Waals surface area contributed by atoms with E-state index in [2.05, 4.69) is 232 Å². The van der Waals surface area contributed by atoms with Gasteiger partial charge >= 0.3 is 0 Å². The first kappa shape index (κ1) is 37.9. The van der Waals surface area contributed by atoms with Gasteiger partial charge < -0.3 is 0 Å². The average molecular weight is 835 g/mol. The average Bonchev–Trinajstić information content (AvgIpc) is 3.91. The highest BCUT2D eigenvalue weighted by atomic mass is 14.4. The maximum atomic E-state index is 4.40. The molecular weight excluding hydrogens is 793 g/mol. The zero-order chi connectivity index (χ0) is 43.9. The van der Waals surface area contributed by atoms with Crippen LogP contribution in [0, 0.1) is 0 Å². The van der Waals surface area contributed by atoms with E-state index < -0.39 is 0 Å². The maximum Gasteiger partial charge on any atom is -0.000741 e. The SMILES string of the molecule is C=Cc1c(C=C)c(-c2ccccc2)c2c(c1-c1ccccc1)-c1cccc3c(-c4ccc(-c5cc(-c6ccccc6)c6c(c5-c5ccccc5)-c5cccc7cccc-6c57)cc4)ccc-2c13. The van der Waals surface area contributed by atoms with Gasteiger partial charge in [-0.3, -0.25) is 0 Å². The molecule has 0 bridgehead atoms. The fourth-order valence-corrected chi connectivity index (χ4v) is 11.4. The summed E-state index contributed by atoms with van der Waals surface area (Å²) in [6, 6.07) is 80.4. The molecule has 0 nitrogen and oxygen atoms in total. The number of fused-ring (bicyclic) bond motifs is 6. The largest absolute Gasteiger partial charge is 0.0984 e. The summed E-state index contributed by atoms with van der Waals surface area (Å²) in [7, 11) is 0. The lowest BCUT2D eigenvalue weighted by Crippen LogP contribution is -1.98. The van der Waals surface area contributed by atoms with Crippen molar-refractivity contribution in [3.63, 3.8) is 0 Å². The second-order valence-electron chi connectivity index (χ2n) is 17.5. The third-order valence-corrected chi connectivity index (χ3v) is 14.1. The van der Waals surface area contributed by atoms with Crippen molar-refractivity contribution in [2.24, 2.45) is 0 Å². The van der Waals surface area contributed by atoms with Crippen molar-refractivity contribution in [2.75, 3.05) is 0 Å². The second kappa shape index (κ2) is 15.0. The van der Waals surface area contributed by atoms with E-state index in [1.54, 1.807) is 0 Å². The fraction of sp³-hybridized carbons (Fsp3) is 0. The highest BCUT2D eigenvalue weighted by Gasteiger charge is 2.33. The van der Waals surface area contributed by atoms with Gasteiger partial charge in [-0.25, -0.2) is 0 Å². The molecule has 0 atom stereocenters. The summed E-state index contributed by atoms with van der Waals surface area (Å²) in [6.45, 7) is 8.79. The molecule has 0 unspecified atom stereocenters. The van der Waals surface area contributed by atoms with Gasteiger partial charge in [0.2, 0.25) is 0 Å². The van der Waals surface area contributed by atoms with Crippen LogP contribution in [0.15, 0.2) is 232 Å². The molecular formula is C66H42. The van der Waals surface area contributed by atoms with Crippen LogP contribution in [0.4, 0.5) is 0 Å². The summed E-state index contributed by atoms with van der Waals surface area (Å²) < 4.78 is 0. The Bertz CT molecular complexity index is 3690. The molecule has 13 rings (SSSR count). The maximum absolute atomic E-state index is 4.40. The Morgan fingerprint density at radius 2 is 0.621 bits per heavy atom. The molecule has 0 heterocycles. The second-order valence-corrected chi connectivity index (χ2v) is 17.5. The molecule has 66 heavy (non-hydrogen) atoms. The quantitative estimate of drug-likeness (QED) is 0.143. The van der Waals surface area contributed by atoms with Gasteiger partial charge in [-0.15, -0.1) is 0 Å². The third-order valence-electron chi connectivity index (χ3n) is 14.1. The standard InChI is InChI=1S/C66H42/c1-3-48-49(4-2)60(46-24-13-7-14-25-46)66-55-39-38-50(51-30-19-33-54(62(51)55)65(66)59(48)45-22-11-6-12-23-45)42-34-36-43(37-35-42)56-40-57(41-20-9-5-10-21-41)63-52-31-17-28-44-29-18-32-53(58(44)52)64(63)61(56)47-26-15-8-16-27-47/h3-40H,1-2H2. The first-order chi connectivity index (χ1) is 32.7. The molecule has 2 aliphatic carbocycles. The predicted octanol–water partition coefficient (Wildman–Crippen LogP) is 18.6. The van der Waals surface area contributed by atoms with Gasteiger partial charge in [0.1, 0.15) is 0 Å². The molecule has 306 valence electrons. The van der Waals surface area contributed by atoms with E-state index >= 15 is 0 Å². The number of hydrogen-bond acceptors (Lipinski definition) is 0. The first-order valence-electron chi connectivity index (χ1n) is 22.8. The van der Waals surface area contributed by atoms with Crippen molar-refractivity contribution in [3.8, 4) is 111 Å². The lowest BCUT2D eigenvalue weighted by molar-refractivity contribution is 1.54. The minimum Gasteiger partial charge on any atom is -0.0984 e. The van der Waals surface area contributed by atoms with Gasteiger partial charge in [-0.2, -0.15) is 0 Å². The summed E-state index contributed by atoms with van der Waals surface area (Å²) in [6.07, 6.45) is 4.04. The summed E-state index contributed by atoms with van der Waals surface area (Å²) in [4.78, 5) is 0. The highest BCUT2D eigenvalue weighted by Crippen LogP contribution is 2.60. The van der Waals surface area contributed by atoms with Crippen LogP contribution in [0.2, 0.25) is 0 Å². The molecule has 0 amide bonds. The Morgan fingerprint density at radius 1 is 0.242 bits per heavy atom. The monoisotopic (exact) mass is 834 g/mol. The van der Waals surface area contributed by atoms with Gasteiger partial charge in [0, 0.05) is 0 Å². The van der Waals surface area contributed by atoms with Crippen molar-refractivity contribution in [2.45, 2.75) is 0 Å². The molecule has 11 aromatic rings. The number of rotatable bonds is 8. The zero-order valence-electron chi connectivity index (χ0n) is 36.4. The van der Waals surface area contributed by atoms with Crippen LogP contribution in [0.25, 0.3) is 145 Å². The van der Waals surface area contributed by atoms with Crippen molar-refractivity contribution < 1.29 is 0 Å². The summed E-state index contributed by atoms with van der Waals surface area (Å²) in [5.74, 6) is 0. The van der Waals surface area contributed by atoms with Gasteiger partial charge in [0.15, 0.2) is 0 Å². The predicted molar refractivity (Wildman–Crippen MR) is 283 cm³/mol. The van der Waals surface area contributed by atoms with Crippen LogP contribution in [0.5, 0.6) is 0 Å². The number of benzene rings is 11. The smallest absolute Gasteiger partial charge is 0.000741 e. The molecule has 0 N–H and O–H groups in total. The third kappa shape index (κ3) is 5.52. The molecule has 0 radical (unpaired) electrons. The fourth-order valence-electron chi connectivity index (χ4n) is 11.4. The number of hydrogen-bond donors (Lipinski definition) is 0. The van der Waals surface area contributed by atoms with E-state index in [0.717, 1.165) is 11.1 Å². The molecule has 0 saturated carbocycles. The lowest BCUT2D eigenvalue weighted by atomic mass is 9.80. The van der Waals surface area contributed by atoms with Crippen molar-refractivity contribution in [1.29, 1.82) is 0 Å². The molecule has 0 aromatic heterocycles.